The van der Waals surface area contributed by atoms with E-state index in [2.05, 4.69) is 35.2 Å². The van der Waals surface area contributed by atoms with E-state index in [1.165, 1.54) is 16.7 Å². The highest BCUT2D eigenvalue weighted by Crippen LogP contribution is 2.36. The SMILES string of the molecule is CN(CC/C=C1/c2ccccc2COc2ccccc21)CCC(=O)O. The maximum absolute atomic E-state index is 10.7. The first kappa shape index (κ1) is 17.2. The van der Waals surface area contributed by atoms with Gasteiger partial charge in [0.1, 0.15) is 12.4 Å². The summed E-state index contributed by atoms with van der Waals surface area (Å²) in [6.07, 6.45) is 3.27. The van der Waals surface area contributed by atoms with Gasteiger partial charge in [-0.3, -0.25) is 4.79 Å². The van der Waals surface area contributed by atoms with Crippen LogP contribution in [0.2, 0.25) is 0 Å². The van der Waals surface area contributed by atoms with Crippen LogP contribution in [0.5, 0.6) is 5.75 Å². The fourth-order valence-corrected chi connectivity index (χ4v) is 3.07. The molecule has 1 heterocycles. The van der Waals surface area contributed by atoms with Crippen LogP contribution >= 0.6 is 0 Å². The summed E-state index contributed by atoms with van der Waals surface area (Å²) in [7, 11) is 1.96. The van der Waals surface area contributed by atoms with E-state index in [0.717, 1.165) is 24.3 Å². The molecule has 0 aliphatic carbocycles. The van der Waals surface area contributed by atoms with Crippen LogP contribution in [0.1, 0.15) is 29.5 Å². The minimum atomic E-state index is -0.756. The van der Waals surface area contributed by atoms with Gasteiger partial charge in [-0.2, -0.15) is 0 Å². The van der Waals surface area contributed by atoms with E-state index in [-0.39, 0.29) is 6.42 Å². The van der Waals surface area contributed by atoms with Crippen LogP contribution in [0, 0.1) is 0 Å². The van der Waals surface area contributed by atoms with Gasteiger partial charge in [-0.05, 0) is 36.2 Å². The molecule has 1 N–H and O–H groups in total. The van der Waals surface area contributed by atoms with Crippen LogP contribution in [-0.4, -0.2) is 36.1 Å². The summed E-state index contributed by atoms with van der Waals surface area (Å²) < 4.78 is 5.98. The lowest BCUT2D eigenvalue weighted by Gasteiger charge is -2.15. The molecule has 130 valence electrons. The molecule has 0 aromatic heterocycles. The van der Waals surface area contributed by atoms with Crippen LogP contribution in [0.4, 0.5) is 0 Å². The molecule has 0 atom stereocenters. The first-order valence-electron chi connectivity index (χ1n) is 8.56. The number of hydrogen-bond acceptors (Lipinski definition) is 3. The summed E-state index contributed by atoms with van der Waals surface area (Å²) in [4.78, 5) is 12.7. The summed E-state index contributed by atoms with van der Waals surface area (Å²) in [5, 5.41) is 8.79. The molecule has 0 saturated heterocycles. The lowest BCUT2D eigenvalue weighted by molar-refractivity contribution is -0.137. The Morgan fingerprint density at radius 1 is 1.12 bits per heavy atom. The second kappa shape index (κ2) is 7.99. The lowest BCUT2D eigenvalue weighted by Crippen LogP contribution is -2.22. The number of benzene rings is 2. The van der Waals surface area contributed by atoms with Gasteiger partial charge in [-0.15, -0.1) is 0 Å². The molecule has 0 unspecified atom stereocenters. The number of aliphatic carboxylic acids is 1. The summed E-state index contributed by atoms with van der Waals surface area (Å²) in [6, 6.07) is 16.5. The Balaban J connectivity index is 1.83. The molecule has 3 rings (SSSR count). The molecule has 1 aliphatic heterocycles. The maximum atomic E-state index is 10.7. The second-order valence-corrected chi connectivity index (χ2v) is 6.30. The van der Waals surface area contributed by atoms with Gasteiger partial charge in [0.15, 0.2) is 0 Å². The Morgan fingerprint density at radius 2 is 1.84 bits per heavy atom. The highest BCUT2D eigenvalue weighted by atomic mass is 16.5. The van der Waals surface area contributed by atoms with E-state index in [1.54, 1.807) is 0 Å². The van der Waals surface area contributed by atoms with Gasteiger partial charge in [-0.1, -0.05) is 48.5 Å². The summed E-state index contributed by atoms with van der Waals surface area (Å²) in [5.41, 5.74) is 4.70. The molecule has 0 saturated carbocycles. The van der Waals surface area contributed by atoms with Gasteiger partial charge in [0.05, 0.1) is 6.42 Å². The van der Waals surface area contributed by atoms with Gasteiger partial charge in [-0.25, -0.2) is 0 Å². The van der Waals surface area contributed by atoms with Gasteiger partial charge in [0.25, 0.3) is 0 Å². The molecule has 0 amide bonds. The molecule has 0 fully saturated rings. The number of carbonyl (C=O) groups is 1. The zero-order valence-corrected chi connectivity index (χ0v) is 14.4. The van der Waals surface area contributed by atoms with Crippen molar-refractivity contribution in [3.63, 3.8) is 0 Å². The number of hydrogen-bond donors (Lipinski definition) is 1. The molecule has 4 heteroatoms. The number of nitrogens with zero attached hydrogens (tertiary/aromatic N) is 1. The molecule has 2 aromatic carbocycles. The number of carboxylic acid groups (broad SMARTS) is 1. The van der Waals surface area contributed by atoms with E-state index in [9.17, 15) is 4.79 Å². The van der Waals surface area contributed by atoms with Crippen LogP contribution in [-0.2, 0) is 11.4 Å². The minimum Gasteiger partial charge on any atom is -0.488 e. The molecule has 0 radical (unpaired) electrons. The average molecular weight is 337 g/mol. The van der Waals surface area contributed by atoms with E-state index in [0.29, 0.717) is 13.2 Å². The first-order valence-corrected chi connectivity index (χ1v) is 8.56. The molecule has 0 spiro atoms. The van der Waals surface area contributed by atoms with Crippen molar-refractivity contribution in [3.05, 3.63) is 71.3 Å². The van der Waals surface area contributed by atoms with E-state index in [4.69, 9.17) is 9.84 Å². The highest BCUT2D eigenvalue weighted by molar-refractivity contribution is 5.84. The van der Waals surface area contributed by atoms with Gasteiger partial charge in [0.2, 0.25) is 0 Å². The molecule has 4 nitrogen and oxygen atoms in total. The second-order valence-electron chi connectivity index (χ2n) is 6.30. The van der Waals surface area contributed by atoms with Crippen molar-refractivity contribution in [1.29, 1.82) is 0 Å². The Bertz CT molecular complexity index is 733. The van der Waals surface area contributed by atoms with Gasteiger partial charge < -0.3 is 14.7 Å². The zero-order valence-electron chi connectivity index (χ0n) is 14.4. The van der Waals surface area contributed by atoms with Crippen LogP contribution < -0.4 is 4.74 Å². The topological polar surface area (TPSA) is 49.8 Å². The van der Waals surface area contributed by atoms with Crippen molar-refractivity contribution in [2.75, 3.05) is 20.1 Å². The van der Waals surface area contributed by atoms with Crippen LogP contribution in [0.25, 0.3) is 5.57 Å². The van der Waals surface area contributed by atoms with E-state index in [1.807, 2.05) is 31.3 Å². The van der Waals surface area contributed by atoms with Crippen molar-refractivity contribution in [3.8, 4) is 5.75 Å². The predicted octanol–water partition coefficient (Wildman–Crippen LogP) is 3.81. The van der Waals surface area contributed by atoms with Crippen molar-refractivity contribution < 1.29 is 14.6 Å². The van der Waals surface area contributed by atoms with E-state index >= 15 is 0 Å². The predicted molar refractivity (Wildman–Crippen MR) is 98.7 cm³/mol. The molecular weight excluding hydrogens is 314 g/mol. The smallest absolute Gasteiger partial charge is 0.304 e. The fourth-order valence-electron chi connectivity index (χ4n) is 3.07. The highest BCUT2D eigenvalue weighted by Gasteiger charge is 2.18. The van der Waals surface area contributed by atoms with Crippen LogP contribution in [0.3, 0.4) is 0 Å². The largest absolute Gasteiger partial charge is 0.488 e. The molecule has 2 aromatic rings. The van der Waals surface area contributed by atoms with Gasteiger partial charge in [0, 0.05) is 18.7 Å². The Kier molecular flexibility index (Phi) is 5.51. The van der Waals surface area contributed by atoms with Crippen molar-refractivity contribution >= 4 is 11.5 Å². The normalized spacial score (nSPS) is 14.6. The minimum absolute atomic E-state index is 0.173. The average Bonchev–Trinajstić information content (AvgIpc) is 2.78. The zero-order chi connectivity index (χ0) is 17.6. The number of carboxylic acids is 1. The third-order valence-electron chi connectivity index (χ3n) is 4.43. The first-order chi connectivity index (χ1) is 12.1. The summed E-state index contributed by atoms with van der Waals surface area (Å²) in [6.45, 7) is 1.96. The molecule has 0 bridgehead atoms. The maximum Gasteiger partial charge on any atom is 0.304 e. The Morgan fingerprint density at radius 3 is 2.64 bits per heavy atom. The lowest BCUT2D eigenvalue weighted by atomic mass is 9.93. The van der Waals surface area contributed by atoms with Gasteiger partial charge >= 0.3 is 5.97 Å². The monoisotopic (exact) mass is 337 g/mol. The number of para-hydroxylation sites is 1. The van der Waals surface area contributed by atoms with Crippen molar-refractivity contribution in [1.82, 2.24) is 4.90 Å². The molecule has 1 aliphatic rings. The Hall–Kier alpha value is -2.59. The summed E-state index contributed by atoms with van der Waals surface area (Å²) >= 11 is 0. The van der Waals surface area contributed by atoms with E-state index < -0.39 is 5.97 Å². The van der Waals surface area contributed by atoms with Crippen molar-refractivity contribution in [2.24, 2.45) is 0 Å². The fraction of sp³-hybridized carbons (Fsp3) is 0.286. The van der Waals surface area contributed by atoms with Crippen molar-refractivity contribution in [2.45, 2.75) is 19.4 Å². The number of rotatable bonds is 6. The third-order valence-corrected chi connectivity index (χ3v) is 4.43. The molecular formula is C21H23NO3. The number of fused-ring (bicyclic) bond motifs is 2. The number of ether oxygens (including phenoxy) is 1. The summed E-state index contributed by atoms with van der Waals surface area (Å²) in [5.74, 6) is 0.151. The van der Waals surface area contributed by atoms with Crippen LogP contribution in [0.15, 0.2) is 54.6 Å². The standard InChI is InChI=1S/C21H23NO3/c1-22(14-12-21(23)24)13-6-10-18-17-8-3-2-7-16(17)15-25-20-11-5-4-9-19(18)20/h2-5,7-11H,6,12-15H2,1H3,(H,23,24)/b18-10-. The Labute approximate surface area is 148 Å². The molecule has 25 heavy (non-hydrogen) atoms. The quantitative estimate of drug-likeness (QED) is 0.871. The third kappa shape index (κ3) is 4.28.